The maximum Gasteiger partial charge on any atom is 0.314 e. The molecule has 0 aliphatic carbocycles. The number of rotatable bonds is 6. The van der Waals surface area contributed by atoms with E-state index in [0.29, 0.717) is 6.42 Å². The molecule has 1 aromatic carbocycles. The maximum atomic E-state index is 11.4. The van der Waals surface area contributed by atoms with E-state index in [0.717, 1.165) is 5.75 Å². The molecule has 0 saturated heterocycles. The van der Waals surface area contributed by atoms with Crippen LogP contribution in [0, 0.1) is 0 Å². The van der Waals surface area contributed by atoms with Gasteiger partial charge in [0, 0.05) is 6.42 Å². The highest BCUT2D eigenvalue weighted by molar-refractivity contribution is 5.72. The van der Waals surface area contributed by atoms with Crippen LogP contribution < -0.4 is 15.8 Å². The average molecular weight is 320 g/mol. The highest BCUT2D eigenvalue weighted by Gasteiger charge is 2.35. The van der Waals surface area contributed by atoms with Gasteiger partial charge in [0.05, 0.1) is 5.54 Å². The summed E-state index contributed by atoms with van der Waals surface area (Å²) in [5.41, 5.74) is 3.43. The molecule has 6 heteroatoms. The number of para-hydroxylation sites is 1. The first-order valence-corrected chi connectivity index (χ1v) is 7.67. The molecule has 2 amide bonds. The second-order valence-electron chi connectivity index (χ2n) is 7.49. The van der Waals surface area contributed by atoms with Gasteiger partial charge in [0.15, 0.2) is 5.66 Å². The Bertz CT molecular complexity index is 549. The topological polar surface area (TPSA) is 89.1 Å². The Balaban J connectivity index is 2.94. The van der Waals surface area contributed by atoms with Crippen LogP contribution in [0.2, 0.25) is 0 Å². The first-order valence-electron chi connectivity index (χ1n) is 7.67. The molecule has 0 fully saturated rings. The van der Waals surface area contributed by atoms with E-state index in [1.54, 1.807) is 6.92 Å². The fourth-order valence-corrected chi connectivity index (χ4v) is 2.30. The molecule has 1 atom stereocenters. The molecule has 0 heterocycles. The fourth-order valence-electron chi connectivity index (χ4n) is 2.30. The number of carbonyl (C=O) groups excluding carboxylic acids is 1. The van der Waals surface area contributed by atoms with E-state index in [1.807, 2.05) is 65.0 Å². The van der Waals surface area contributed by atoms with Crippen molar-refractivity contribution in [1.82, 2.24) is 5.32 Å². The van der Waals surface area contributed by atoms with Crippen LogP contribution in [0.4, 0.5) is 4.79 Å². The lowest BCUT2D eigenvalue weighted by Crippen LogP contribution is -2.52. The standard InChI is InChI=1S/C17H28N4O2/c1-15(2,3)20-21-17(6,19-14(18)22)12-16(4,5)23-13-10-8-7-9-11-13/h7-11H,12H2,1-6H3,(H3,18,19,22). The van der Waals surface area contributed by atoms with Gasteiger partial charge >= 0.3 is 6.03 Å². The predicted octanol–water partition coefficient (Wildman–Crippen LogP) is 3.87. The summed E-state index contributed by atoms with van der Waals surface area (Å²) in [7, 11) is 0. The molecule has 1 aromatic rings. The second kappa shape index (κ2) is 6.98. The molecule has 0 spiro atoms. The van der Waals surface area contributed by atoms with E-state index in [1.165, 1.54) is 0 Å². The number of nitrogens with two attached hydrogens (primary N) is 1. The van der Waals surface area contributed by atoms with Crippen LogP contribution in [0.3, 0.4) is 0 Å². The molecule has 128 valence electrons. The zero-order valence-electron chi connectivity index (χ0n) is 14.9. The largest absolute Gasteiger partial charge is 0.488 e. The van der Waals surface area contributed by atoms with Crippen LogP contribution in [0.5, 0.6) is 5.75 Å². The van der Waals surface area contributed by atoms with E-state index in [4.69, 9.17) is 10.5 Å². The van der Waals surface area contributed by atoms with Gasteiger partial charge in [-0.05, 0) is 53.7 Å². The van der Waals surface area contributed by atoms with Crippen molar-refractivity contribution in [3.8, 4) is 5.75 Å². The van der Waals surface area contributed by atoms with Gasteiger partial charge < -0.3 is 15.8 Å². The lowest BCUT2D eigenvalue weighted by molar-refractivity contribution is 0.0674. The van der Waals surface area contributed by atoms with Gasteiger partial charge in [-0.3, -0.25) is 0 Å². The molecule has 23 heavy (non-hydrogen) atoms. The number of ether oxygens (including phenoxy) is 1. The first kappa shape index (κ1) is 18.9. The summed E-state index contributed by atoms with van der Waals surface area (Å²) in [5, 5.41) is 11.3. The third kappa shape index (κ3) is 7.63. The number of carbonyl (C=O) groups is 1. The highest BCUT2D eigenvalue weighted by Crippen LogP contribution is 2.28. The normalized spacial score (nSPS) is 15.2. The van der Waals surface area contributed by atoms with Gasteiger partial charge in [-0.1, -0.05) is 18.2 Å². The van der Waals surface area contributed by atoms with Crippen molar-refractivity contribution in [1.29, 1.82) is 0 Å². The summed E-state index contributed by atoms with van der Waals surface area (Å²) in [4.78, 5) is 11.4. The van der Waals surface area contributed by atoms with E-state index in [9.17, 15) is 4.79 Å². The maximum absolute atomic E-state index is 11.4. The van der Waals surface area contributed by atoms with Gasteiger partial charge in [0.2, 0.25) is 0 Å². The van der Waals surface area contributed by atoms with Gasteiger partial charge in [0.25, 0.3) is 0 Å². The third-order valence-electron chi connectivity index (χ3n) is 2.87. The molecule has 6 nitrogen and oxygen atoms in total. The van der Waals surface area contributed by atoms with Crippen molar-refractivity contribution in [2.45, 2.75) is 64.8 Å². The van der Waals surface area contributed by atoms with Crippen molar-refractivity contribution in [2.75, 3.05) is 0 Å². The summed E-state index contributed by atoms with van der Waals surface area (Å²) in [6.07, 6.45) is 0.414. The number of primary amides is 1. The smallest absolute Gasteiger partial charge is 0.314 e. The van der Waals surface area contributed by atoms with Gasteiger partial charge in [-0.2, -0.15) is 10.2 Å². The minimum Gasteiger partial charge on any atom is -0.488 e. The van der Waals surface area contributed by atoms with E-state index >= 15 is 0 Å². The Kier molecular flexibility index (Phi) is 5.75. The molecule has 0 aliphatic heterocycles. The zero-order chi connectivity index (χ0) is 17.7. The molecule has 3 N–H and O–H groups in total. The number of nitrogens with zero attached hydrogens (tertiary/aromatic N) is 2. The summed E-state index contributed by atoms with van der Waals surface area (Å²) in [5.74, 6) is 0.756. The highest BCUT2D eigenvalue weighted by atomic mass is 16.5. The molecule has 1 rings (SSSR count). The van der Waals surface area contributed by atoms with Crippen molar-refractivity contribution in [3.63, 3.8) is 0 Å². The van der Waals surface area contributed by atoms with Gasteiger partial charge in [-0.15, -0.1) is 0 Å². The second-order valence-corrected chi connectivity index (χ2v) is 7.49. The summed E-state index contributed by atoms with van der Waals surface area (Å²) in [6.45, 7) is 11.5. The van der Waals surface area contributed by atoms with Crippen molar-refractivity contribution in [3.05, 3.63) is 30.3 Å². The Labute approximate surface area is 138 Å². The summed E-state index contributed by atoms with van der Waals surface area (Å²) in [6, 6.07) is 8.87. The molecule has 0 aliphatic rings. The Hall–Kier alpha value is -2.11. The molecule has 0 saturated carbocycles. The van der Waals surface area contributed by atoms with E-state index < -0.39 is 17.3 Å². The number of hydrogen-bond donors (Lipinski definition) is 2. The van der Waals surface area contributed by atoms with Crippen molar-refractivity contribution in [2.24, 2.45) is 16.0 Å². The molecular formula is C17H28N4O2. The van der Waals surface area contributed by atoms with Gasteiger partial charge in [0.1, 0.15) is 11.4 Å². The van der Waals surface area contributed by atoms with E-state index in [-0.39, 0.29) is 5.54 Å². The predicted molar refractivity (Wildman–Crippen MR) is 91.5 cm³/mol. The number of azo groups is 1. The number of benzene rings is 1. The number of urea groups is 1. The quantitative estimate of drug-likeness (QED) is 0.779. The summed E-state index contributed by atoms with van der Waals surface area (Å²) >= 11 is 0. The van der Waals surface area contributed by atoms with Crippen molar-refractivity contribution >= 4 is 6.03 Å². The molecular weight excluding hydrogens is 292 g/mol. The fraction of sp³-hybridized carbons (Fsp3) is 0.588. The molecule has 1 unspecified atom stereocenters. The van der Waals surface area contributed by atoms with Crippen LogP contribution in [-0.2, 0) is 0 Å². The molecule has 0 radical (unpaired) electrons. The lowest BCUT2D eigenvalue weighted by atomic mass is 9.95. The number of amides is 2. The minimum atomic E-state index is -0.947. The number of hydrogen-bond acceptors (Lipinski definition) is 4. The van der Waals surface area contributed by atoms with E-state index in [2.05, 4.69) is 15.5 Å². The zero-order valence-corrected chi connectivity index (χ0v) is 14.9. The first-order chi connectivity index (χ1) is 10.4. The molecule has 0 bridgehead atoms. The Morgan fingerprint density at radius 1 is 1.09 bits per heavy atom. The van der Waals surface area contributed by atoms with Crippen LogP contribution in [0.1, 0.15) is 48.0 Å². The Morgan fingerprint density at radius 2 is 1.65 bits per heavy atom. The van der Waals surface area contributed by atoms with Gasteiger partial charge in [-0.25, -0.2) is 4.79 Å². The number of nitrogens with one attached hydrogen (secondary N) is 1. The van der Waals surface area contributed by atoms with Crippen LogP contribution in [0.25, 0.3) is 0 Å². The average Bonchev–Trinajstić information content (AvgIpc) is 2.34. The third-order valence-corrected chi connectivity index (χ3v) is 2.87. The monoisotopic (exact) mass is 320 g/mol. The minimum absolute atomic E-state index is 0.342. The lowest BCUT2D eigenvalue weighted by Gasteiger charge is -2.35. The summed E-state index contributed by atoms with van der Waals surface area (Å²) < 4.78 is 6.02. The van der Waals surface area contributed by atoms with Crippen LogP contribution in [-0.4, -0.2) is 22.8 Å². The van der Waals surface area contributed by atoms with Crippen LogP contribution >= 0.6 is 0 Å². The molecule has 0 aromatic heterocycles. The Morgan fingerprint density at radius 3 is 2.13 bits per heavy atom. The SMILES string of the molecule is CC(C)(C)N=NC(C)(CC(C)(C)Oc1ccccc1)NC(N)=O. The van der Waals surface area contributed by atoms with Crippen LogP contribution in [0.15, 0.2) is 40.6 Å². The van der Waals surface area contributed by atoms with Crippen molar-refractivity contribution < 1.29 is 9.53 Å².